The molecule has 4 aromatic rings. The molecule has 7 heteroatoms. The molecule has 168 valence electrons. The van der Waals surface area contributed by atoms with Gasteiger partial charge in [0, 0.05) is 0 Å². The molecule has 2 heterocycles. The van der Waals surface area contributed by atoms with Crippen LogP contribution in [0.2, 0.25) is 0 Å². The zero-order chi connectivity index (χ0) is 23.6. The Labute approximate surface area is 192 Å². The molecule has 0 saturated heterocycles. The Balaban J connectivity index is 0.00000149. The summed E-state index contributed by atoms with van der Waals surface area (Å²) in [7, 11) is 2.15. The van der Waals surface area contributed by atoms with Crippen LogP contribution >= 0.6 is 0 Å². The topological polar surface area (TPSA) is 75.7 Å². The van der Waals surface area contributed by atoms with Crippen LogP contribution in [0, 0.1) is 0 Å². The quantitative estimate of drug-likeness (QED) is 0.319. The third kappa shape index (κ3) is 5.15. The van der Waals surface area contributed by atoms with Gasteiger partial charge in [0.1, 0.15) is 17.9 Å². The van der Waals surface area contributed by atoms with E-state index in [0.29, 0.717) is 24.4 Å². The Bertz CT molecular complexity index is 1280. The second-order valence-electron chi connectivity index (χ2n) is 6.76. The third-order valence-corrected chi connectivity index (χ3v) is 4.92. The molecule has 2 aromatic heterocycles. The maximum atomic E-state index is 9.50. The van der Waals surface area contributed by atoms with Gasteiger partial charge < -0.3 is 10.1 Å². The van der Waals surface area contributed by atoms with E-state index < -0.39 is 0 Å². The number of alkyl halides is 1. The Morgan fingerprint density at radius 1 is 1.09 bits per heavy atom. The first-order valence-electron chi connectivity index (χ1n) is 10.3. The van der Waals surface area contributed by atoms with Crippen molar-refractivity contribution in [1.29, 1.82) is 0 Å². The van der Waals surface area contributed by atoms with Gasteiger partial charge in [0.2, 0.25) is 0 Å². The van der Waals surface area contributed by atoms with Crippen molar-refractivity contribution >= 4 is 28.1 Å². The predicted molar refractivity (Wildman–Crippen MR) is 133 cm³/mol. The molecule has 0 aliphatic carbocycles. The van der Waals surface area contributed by atoms with Crippen LogP contribution in [0.3, 0.4) is 0 Å². The Hall–Kier alpha value is -4.26. The van der Waals surface area contributed by atoms with Gasteiger partial charge in [-0.1, -0.05) is 67.3 Å². The summed E-state index contributed by atoms with van der Waals surface area (Å²) < 4.78 is 15.1. The van der Waals surface area contributed by atoms with Crippen LogP contribution < -0.4 is 10.1 Å². The minimum absolute atomic E-state index is 0.500. The molecular weight excluding hydrogens is 417 g/mol. The standard InChI is InChI=1S/C25H23N5O.CH3F/c1-4-6-10-17(5-2)23-22-24(26-16-27-25(22)30-29-23)28-20-15-19(13-14-21(20)31-3)18-11-8-7-9-12-18;1-2/h4-16H,1H2,2-3H3,(H2,26,27,28,29,30);1H3/b10-6-,17-5+;. The number of rotatable bonds is 7. The van der Waals surface area contributed by atoms with E-state index in [-0.39, 0.29) is 0 Å². The van der Waals surface area contributed by atoms with Crippen molar-refractivity contribution < 1.29 is 9.13 Å². The van der Waals surface area contributed by atoms with Gasteiger partial charge in [0.05, 0.1) is 31.1 Å². The van der Waals surface area contributed by atoms with Gasteiger partial charge in [-0.2, -0.15) is 5.10 Å². The van der Waals surface area contributed by atoms with Crippen molar-refractivity contribution in [1.82, 2.24) is 20.2 Å². The first-order valence-corrected chi connectivity index (χ1v) is 10.3. The molecule has 0 aliphatic heterocycles. The average Bonchev–Trinajstić information content (AvgIpc) is 3.31. The van der Waals surface area contributed by atoms with Crippen molar-refractivity contribution in [3.05, 3.63) is 91.4 Å². The van der Waals surface area contributed by atoms with Crippen molar-refractivity contribution in [3.8, 4) is 16.9 Å². The molecule has 0 amide bonds. The minimum Gasteiger partial charge on any atom is -0.495 e. The number of hydrogen-bond donors (Lipinski definition) is 2. The van der Waals surface area contributed by atoms with E-state index in [9.17, 15) is 4.39 Å². The van der Waals surface area contributed by atoms with Gasteiger partial charge in [0.25, 0.3) is 0 Å². The summed E-state index contributed by atoms with van der Waals surface area (Å²) in [5, 5.41) is 11.7. The highest BCUT2D eigenvalue weighted by Crippen LogP contribution is 2.35. The number of hydrogen-bond acceptors (Lipinski definition) is 5. The van der Waals surface area contributed by atoms with Gasteiger partial charge >= 0.3 is 0 Å². The Morgan fingerprint density at radius 2 is 1.88 bits per heavy atom. The molecule has 0 bridgehead atoms. The summed E-state index contributed by atoms with van der Waals surface area (Å²) in [5.74, 6) is 1.36. The summed E-state index contributed by atoms with van der Waals surface area (Å²) in [6, 6.07) is 16.2. The van der Waals surface area contributed by atoms with Crippen LogP contribution in [0.1, 0.15) is 12.6 Å². The van der Waals surface area contributed by atoms with Gasteiger partial charge in [-0.25, -0.2) is 9.97 Å². The summed E-state index contributed by atoms with van der Waals surface area (Å²) in [6.45, 7) is 5.72. The molecule has 0 atom stereocenters. The second-order valence-corrected chi connectivity index (χ2v) is 6.76. The fraction of sp³-hybridized carbons (Fsp3) is 0.115. The molecule has 0 unspecified atom stereocenters. The van der Waals surface area contributed by atoms with E-state index in [1.165, 1.54) is 6.33 Å². The highest BCUT2D eigenvalue weighted by atomic mass is 19.1. The molecule has 0 radical (unpaired) electrons. The molecule has 0 saturated carbocycles. The number of fused-ring (bicyclic) bond motifs is 1. The molecule has 4 rings (SSSR count). The average molecular weight is 444 g/mol. The fourth-order valence-corrected chi connectivity index (χ4v) is 3.40. The number of H-pyrrole nitrogens is 1. The van der Waals surface area contributed by atoms with Gasteiger partial charge in [-0.05, 0) is 35.8 Å². The number of nitrogens with one attached hydrogen (secondary N) is 2. The maximum absolute atomic E-state index is 9.50. The lowest BCUT2D eigenvalue weighted by Gasteiger charge is -2.13. The van der Waals surface area contributed by atoms with Crippen LogP contribution in [0.4, 0.5) is 15.9 Å². The monoisotopic (exact) mass is 443 g/mol. The van der Waals surface area contributed by atoms with E-state index in [1.54, 1.807) is 13.2 Å². The zero-order valence-electron chi connectivity index (χ0n) is 18.8. The molecule has 2 aromatic carbocycles. The predicted octanol–water partition coefficient (Wildman–Crippen LogP) is 6.50. The number of ether oxygens (including phenoxy) is 1. The van der Waals surface area contributed by atoms with E-state index in [0.717, 1.165) is 33.5 Å². The first kappa shape index (κ1) is 23.4. The number of methoxy groups -OCH3 is 1. The normalized spacial score (nSPS) is 11.2. The van der Waals surface area contributed by atoms with Crippen LogP contribution in [-0.2, 0) is 0 Å². The number of nitrogens with zero attached hydrogens (tertiary/aromatic N) is 3. The molecule has 0 fully saturated rings. The van der Waals surface area contributed by atoms with E-state index in [4.69, 9.17) is 4.74 Å². The largest absolute Gasteiger partial charge is 0.495 e. The van der Waals surface area contributed by atoms with Gasteiger partial charge in [-0.15, -0.1) is 0 Å². The van der Waals surface area contributed by atoms with Crippen LogP contribution in [-0.4, -0.2) is 34.5 Å². The molecule has 33 heavy (non-hydrogen) atoms. The van der Waals surface area contributed by atoms with Crippen molar-refractivity contribution in [3.63, 3.8) is 0 Å². The number of aromatic nitrogens is 4. The van der Waals surface area contributed by atoms with Gasteiger partial charge in [-0.3, -0.25) is 9.49 Å². The van der Waals surface area contributed by atoms with Gasteiger partial charge in [0.15, 0.2) is 5.65 Å². The Morgan fingerprint density at radius 3 is 2.58 bits per heavy atom. The third-order valence-electron chi connectivity index (χ3n) is 4.92. The second kappa shape index (κ2) is 11.4. The Kier molecular flexibility index (Phi) is 8.07. The molecule has 2 N–H and O–H groups in total. The van der Waals surface area contributed by atoms with Crippen LogP contribution in [0.15, 0.2) is 85.7 Å². The lowest BCUT2D eigenvalue weighted by atomic mass is 10.0. The molecule has 0 spiro atoms. The number of halogens is 1. The van der Waals surface area contributed by atoms with E-state index in [2.05, 4.69) is 50.3 Å². The fourth-order valence-electron chi connectivity index (χ4n) is 3.40. The zero-order valence-corrected chi connectivity index (χ0v) is 18.8. The number of aromatic amines is 1. The van der Waals surface area contributed by atoms with Crippen LogP contribution in [0.25, 0.3) is 27.7 Å². The summed E-state index contributed by atoms with van der Waals surface area (Å²) in [5.41, 5.74) is 5.37. The lowest BCUT2D eigenvalue weighted by molar-refractivity contribution is 0.417. The van der Waals surface area contributed by atoms with Crippen molar-refractivity contribution in [2.24, 2.45) is 0 Å². The smallest absolute Gasteiger partial charge is 0.186 e. The van der Waals surface area contributed by atoms with Crippen molar-refractivity contribution in [2.45, 2.75) is 6.92 Å². The summed E-state index contributed by atoms with van der Waals surface area (Å²) in [6.07, 6.45) is 9.08. The highest BCUT2D eigenvalue weighted by molar-refractivity contribution is 5.99. The number of anilines is 2. The first-order chi connectivity index (χ1) is 16.2. The molecular formula is C26H26FN5O. The SMILES string of the molecule is C=C/C=C\C(=C/C)c1[nH]nc2ncnc(Nc3cc(-c4ccccc4)ccc3OC)c12.CF. The molecule has 0 aliphatic rings. The lowest BCUT2D eigenvalue weighted by Crippen LogP contribution is -1.99. The summed E-state index contributed by atoms with van der Waals surface area (Å²) in [4.78, 5) is 8.81. The van der Waals surface area contributed by atoms with Crippen molar-refractivity contribution in [2.75, 3.05) is 19.6 Å². The molecule has 6 nitrogen and oxygen atoms in total. The number of allylic oxidation sites excluding steroid dienone is 5. The minimum atomic E-state index is 0.500. The van der Waals surface area contributed by atoms with Crippen LogP contribution in [0.5, 0.6) is 5.75 Å². The maximum Gasteiger partial charge on any atom is 0.186 e. The summed E-state index contributed by atoms with van der Waals surface area (Å²) >= 11 is 0. The van der Waals surface area contributed by atoms with E-state index >= 15 is 0 Å². The van der Waals surface area contributed by atoms with E-state index in [1.807, 2.05) is 55.5 Å². The number of benzene rings is 2. The highest BCUT2D eigenvalue weighted by Gasteiger charge is 2.16.